The predicted molar refractivity (Wildman–Crippen MR) is 149 cm³/mol. The summed E-state index contributed by atoms with van der Waals surface area (Å²) in [5.74, 6) is -1.20. The van der Waals surface area contributed by atoms with Crippen molar-refractivity contribution >= 4 is 17.6 Å². The van der Waals surface area contributed by atoms with Crippen LogP contribution in [0.25, 0.3) is 22.5 Å². The number of aromatic nitrogens is 3. The summed E-state index contributed by atoms with van der Waals surface area (Å²) in [5.41, 5.74) is 4.43. The standard InChI is InChI=1S/C31H31FN4O4/c1-19(2)29-28(31(39)35-22-6-4-3-5-7-22)27(25-12-14-33-18-34-25)30(20-8-10-21(32)11-9-20)36(29)15-13-24-16-23(37)17-26(38)40-24/h3-12,14,18-19,23-24,37H,13,15-17H2,1-2H3,(H,35,39)/t23-,24-/m1/s1. The van der Waals surface area contributed by atoms with E-state index in [-0.39, 0.29) is 24.1 Å². The van der Waals surface area contributed by atoms with Gasteiger partial charge >= 0.3 is 5.97 Å². The highest BCUT2D eigenvalue weighted by Gasteiger charge is 2.33. The zero-order chi connectivity index (χ0) is 28.2. The molecule has 4 aromatic rings. The molecule has 9 heteroatoms. The molecule has 2 aromatic carbocycles. The van der Waals surface area contributed by atoms with Crippen LogP contribution in [0.15, 0.2) is 73.2 Å². The van der Waals surface area contributed by atoms with Gasteiger partial charge in [0.1, 0.15) is 18.2 Å². The molecule has 8 nitrogen and oxygen atoms in total. The molecule has 1 fully saturated rings. The van der Waals surface area contributed by atoms with Gasteiger partial charge in [0.05, 0.1) is 29.5 Å². The Hall–Kier alpha value is -4.37. The number of hydrogen-bond acceptors (Lipinski definition) is 6. The topological polar surface area (TPSA) is 106 Å². The number of benzene rings is 2. The third kappa shape index (κ3) is 5.79. The highest BCUT2D eigenvalue weighted by atomic mass is 19.1. The zero-order valence-corrected chi connectivity index (χ0v) is 22.4. The summed E-state index contributed by atoms with van der Waals surface area (Å²) in [4.78, 5) is 34.6. The minimum atomic E-state index is -0.749. The molecular formula is C31H31FN4O4. The van der Waals surface area contributed by atoms with Gasteiger partial charge in [0.25, 0.3) is 5.91 Å². The predicted octanol–water partition coefficient (Wildman–Crippen LogP) is 5.58. The van der Waals surface area contributed by atoms with Crippen LogP contribution in [0.3, 0.4) is 0 Å². The quantitative estimate of drug-likeness (QED) is 0.282. The maximum absolute atomic E-state index is 14.0. The highest BCUT2D eigenvalue weighted by molar-refractivity contribution is 6.12. The molecule has 1 aliphatic rings. The number of rotatable bonds is 8. The Morgan fingerprint density at radius 3 is 2.55 bits per heavy atom. The van der Waals surface area contributed by atoms with Crippen LogP contribution in [0.2, 0.25) is 0 Å². The van der Waals surface area contributed by atoms with E-state index < -0.39 is 18.2 Å². The number of cyclic esters (lactones) is 1. The van der Waals surface area contributed by atoms with Gasteiger partial charge in [-0.2, -0.15) is 0 Å². The van der Waals surface area contributed by atoms with Gasteiger partial charge in [-0.05, 0) is 53.9 Å². The first kappa shape index (κ1) is 27.2. The van der Waals surface area contributed by atoms with Gasteiger partial charge in [-0.25, -0.2) is 14.4 Å². The third-order valence-corrected chi connectivity index (χ3v) is 6.98. The van der Waals surface area contributed by atoms with Gasteiger partial charge in [-0.1, -0.05) is 32.0 Å². The SMILES string of the molecule is CC(C)c1c(C(=O)Nc2ccccc2)c(-c2ccncn2)c(-c2ccc(F)cc2)n1CC[C@@H]1C[C@@H](O)CC(=O)O1. The average Bonchev–Trinajstić information content (AvgIpc) is 3.28. The van der Waals surface area contributed by atoms with Crippen LogP contribution in [-0.2, 0) is 16.1 Å². The van der Waals surface area contributed by atoms with Crippen molar-refractivity contribution < 1.29 is 23.8 Å². The largest absolute Gasteiger partial charge is 0.462 e. The second-order valence-electron chi connectivity index (χ2n) is 10.2. The van der Waals surface area contributed by atoms with Crippen LogP contribution in [-0.4, -0.2) is 43.7 Å². The summed E-state index contributed by atoms with van der Waals surface area (Å²) in [6.45, 7) is 4.41. The average molecular weight is 543 g/mol. The van der Waals surface area contributed by atoms with E-state index in [1.807, 2.05) is 48.7 Å². The maximum Gasteiger partial charge on any atom is 0.308 e. The summed E-state index contributed by atoms with van der Waals surface area (Å²) in [7, 11) is 0. The maximum atomic E-state index is 14.0. The Morgan fingerprint density at radius 2 is 1.90 bits per heavy atom. The van der Waals surface area contributed by atoms with E-state index in [2.05, 4.69) is 15.3 Å². The molecule has 0 bridgehead atoms. The monoisotopic (exact) mass is 542 g/mol. The van der Waals surface area contributed by atoms with E-state index in [1.165, 1.54) is 18.5 Å². The molecular weight excluding hydrogens is 511 g/mol. The molecule has 2 atom stereocenters. The lowest BCUT2D eigenvalue weighted by molar-refractivity contribution is -0.160. The number of anilines is 1. The summed E-state index contributed by atoms with van der Waals surface area (Å²) < 4.78 is 21.6. The molecule has 1 saturated heterocycles. The van der Waals surface area contributed by atoms with Crippen LogP contribution < -0.4 is 5.32 Å². The van der Waals surface area contributed by atoms with Crippen molar-refractivity contribution in [3.05, 3.63) is 90.3 Å². The van der Waals surface area contributed by atoms with Gasteiger partial charge in [-0.15, -0.1) is 0 Å². The zero-order valence-electron chi connectivity index (χ0n) is 22.4. The fourth-order valence-corrected chi connectivity index (χ4v) is 5.32. The molecule has 206 valence electrons. The van der Waals surface area contributed by atoms with E-state index in [4.69, 9.17) is 4.74 Å². The summed E-state index contributed by atoms with van der Waals surface area (Å²) >= 11 is 0. The van der Waals surface area contributed by atoms with E-state index >= 15 is 0 Å². The Kier molecular flexibility index (Phi) is 8.02. The minimum Gasteiger partial charge on any atom is -0.462 e. The van der Waals surface area contributed by atoms with Crippen molar-refractivity contribution in [2.24, 2.45) is 0 Å². The van der Waals surface area contributed by atoms with Crippen molar-refractivity contribution in [2.75, 3.05) is 5.32 Å². The second-order valence-corrected chi connectivity index (χ2v) is 10.2. The van der Waals surface area contributed by atoms with Gasteiger partial charge in [0.15, 0.2) is 0 Å². The van der Waals surface area contributed by atoms with E-state index in [1.54, 1.807) is 24.4 Å². The van der Waals surface area contributed by atoms with Crippen LogP contribution in [0.5, 0.6) is 0 Å². The number of hydrogen-bond donors (Lipinski definition) is 2. The van der Waals surface area contributed by atoms with Gasteiger partial charge < -0.3 is 19.7 Å². The van der Waals surface area contributed by atoms with Crippen molar-refractivity contribution in [1.29, 1.82) is 0 Å². The van der Waals surface area contributed by atoms with Crippen LogP contribution in [0.1, 0.15) is 55.1 Å². The first-order valence-electron chi connectivity index (χ1n) is 13.3. The molecule has 5 rings (SSSR count). The van der Waals surface area contributed by atoms with E-state index in [0.29, 0.717) is 53.2 Å². The Bertz CT molecular complexity index is 1490. The number of carbonyl (C=O) groups excluding carboxylic acids is 2. The molecule has 0 spiro atoms. The van der Waals surface area contributed by atoms with Gasteiger partial charge in [0.2, 0.25) is 0 Å². The third-order valence-electron chi connectivity index (χ3n) is 6.98. The normalized spacial score (nSPS) is 17.1. The molecule has 0 saturated carbocycles. The molecule has 2 N–H and O–H groups in total. The molecule has 40 heavy (non-hydrogen) atoms. The first-order chi connectivity index (χ1) is 19.3. The van der Waals surface area contributed by atoms with Crippen LogP contribution in [0, 0.1) is 5.82 Å². The number of halogens is 1. The second kappa shape index (κ2) is 11.8. The van der Waals surface area contributed by atoms with Gasteiger partial charge in [0, 0.05) is 42.5 Å². The number of amides is 1. The minimum absolute atomic E-state index is 0.0141. The number of para-hydroxylation sites is 1. The van der Waals surface area contributed by atoms with Crippen LogP contribution >= 0.6 is 0 Å². The van der Waals surface area contributed by atoms with Crippen molar-refractivity contribution in [1.82, 2.24) is 14.5 Å². The molecule has 1 aliphatic heterocycles. The highest BCUT2D eigenvalue weighted by Crippen LogP contribution is 2.42. The van der Waals surface area contributed by atoms with Crippen LogP contribution in [0.4, 0.5) is 10.1 Å². The Morgan fingerprint density at radius 1 is 1.15 bits per heavy atom. The van der Waals surface area contributed by atoms with Gasteiger partial charge in [-0.3, -0.25) is 9.59 Å². The molecule has 2 aromatic heterocycles. The first-order valence-corrected chi connectivity index (χ1v) is 13.3. The summed E-state index contributed by atoms with van der Waals surface area (Å²) in [5, 5.41) is 13.2. The lowest BCUT2D eigenvalue weighted by atomic mass is 9.97. The van der Waals surface area contributed by atoms with Crippen molar-refractivity contribution in [3.8, 4) is 22.5 Å². The number of aliphatic hydroxyl groups excluding tert-OH is 1. The molecule has 0 radical (unpaired) electrons. The fraction of sp³-hybridized carbons (Fsp3) is 0.290. The Labute approximate surface area is 231 Å². The number of carbonyl (C=O) groups is 2. The summed E-state index contributed by atoms with van der Waals surface area (Å²) in [6, 6.07) is 17.1. The molecule has 3 heterocycles. The molecule has 0 unspecified atom stereocenters. The molecule has 0 aliphatic carbocycles. The van der Waals surface area contributed by atoms with E-state index in [9.17, 15) is 19.1 Å². The number of aliphatic hydroxyl groups is 1. The summed E-state index contributed by atoms with van der Waals surface area (Å²) in [6.07, 6.45) is 2.58. The number of ether oxygens (including phenoxy) is 1. The molecule has 1 amide bonds. The number of esters is 1. The lowest BCUT2D eigenvalue weighted by Gasteiger charge is -2.27. The fourth-order valence-electron chi connectivity index (χ4n) is 5.32. The number of nitrogens with zero attached hydrogens (tertiary/aromatic N) is 3. The van der Waals surface area contributed by atoms with Crippen molar-refractivity contribution in [2.45, 2.75) is 57.8 Å². The van der Waals surface area contributed by atoms with Crippen molar-refractivity contribution in [3.63, 3.8) is 0 Å². The lowest BCUT2D eigenvalue weighted by Crippen LogP contribution is -2.33. The number of nitrogens with one attached hydrogen (secondary N) is 1. The Balaban J connectivity index is 1.71. The smallest absolute Gasteiger partial charge is 0.308 e. The van der Waals surface area contributed by atoms with E-state index in [0.717, 1.165) is 5.69 Å².